The molecule has 0 spiro atoms. The highest BCUT2D eigenvalue weighted by Crippen LogP contribution is 2.60. The summed E-state index contributed by atoms with van der Waals surface area (Å²) in [6.45, 7) is 15.1. The van der Waals surface area contributed by atoms with Crippen molar-refractivity contribution in [2.45, 2.75) is 83.8 Å². The van der Waals surface area contributed by atoms with Crippen LogP contribution in [0.4, 0.5) is 0 Å². The number of piperazine rings is 1. The Bertz CT molecular complexity index is 767. The summed E-state index contributed by atoms with van der Waals surface area (Å²) >= 11 is 0. The van der Waals surface area contributed by atoms with E-state index in [1.807, 2.05) is 0 Å². The molecule has 1 aliphatic heterocycles. The Morgan fingerprint density at radius 1 is 1.03 bits per heavy atom. The van der Waals surface area contributed by atoms with Gasteiger partial charge in [0.1, 0.15) is 5.84 Å². The molecule has 7 heteroatoms. The zero-order valence-corrected chi connectivity index (χ0v) is 19.9. The second-order valence-corrected chi connectivity index (χ2v) is 12.0. The molecule has 0 aromatic rings. The lowest BCUT2D eigenvalue weighted by molar-refractivity contribution is -0.144. The van der Waals surface area contributed by atoms with Crippen LogP contribution in [0, 0.1) is 34.6 Å². The smallest absolute Gasteiger partial charge is 0.223 e. The first-order valence-electron chi connectivity index (χ1n) is 12.0. The highest BCUT2D eigenvalue weighted by atomic mass is 16.1. The van der Waals surface area contributed by atoms with Gasteiger partial charge in [-0.25, -0.2) is 0 Å². The van der Waals surface area contributed by atoms with Crippen LogP contribution in [0.25, 0.3) is 0 Å². The van der Waals surface area contributed by atoms with Crippen LogP contribution >= 0.6 is 0 Å². The van der Waals surface area contributed by atoms with Gasteiger partial charge < -0.3 is 5.73 Å². The summed E-state index contributed by atoms with van der Waals surface area (Å²) in [6.07, 6.45) is 7.15. The van der Waals surface area contributed by atoms with Gasteiger partial charge >= 0.3 is 0 Å². The second-order valence-electron chi connectivity index (χ2n) is 12.0. The van der Waals surface area contributed by atoms with Gasteiger partial charge in [-0.15, -0.1) is 0 Å². The fourth-order valence-electron chi connectivity index (χ4n) is 7.14. The Balaban J connectivity index is 1.54. The molecule has 3 N–H and O–H groups in total. The van der Waals surface area contributed by atoms with E-state index in [-0.39, 0.29) is 28.4 Å². The van der Waals surface area contributed by atoms with Crippen molar-refractivity contribution in [2.75, 3.05) is 26.2 Å². The quantitative estimate of drug-likeness (QED) is 0.310. The van der Waals surface area contributed by atoms with E-state index in [1.165, 1.54) is 0 Å². The average Bonchev–Trinajstić information content (AvgIpc) is 2.68. The van der Waals surface area contributed by atoms with Gasteiger partial charge in [-0.1, -0.05) is 0 Å². The minimum atomic E-state index is -0.338. The number of hydrogen-bond acceptors (Lipinski definition) is 5. The highest BCUT2D eigenvalue weighted by molar-refractivity contribution is 5.92. The number of hydrogen-bond donors (Lipinski definition) is 2. The van der Waals surface area contributed by atoms with E-state index in [4.69, 9.17) is 10.7 Å². The van der Waals surface area contributed by atoms with E-state index in [0.29, 0.717) is 17.8 Å². The third kappa shape index (κ3) is 3.98. The predicted molar refractivity (Wildman–Crippen MR) is 122 cm³/mol. The topological polar surface area (TPSA) is 97.8 Å². The maximum absolute atomic E-state index is 12.3. The first-order chi connectivity index (χ1) is 14.5. The molecule has 2 atom stereocenters. The average molecular weight is 429 g/mol. The van der Waals surface area contributed by atoms with Gasteiger partial charge in [0, 0.05) is 37.1 Å². The molecule has 0 aromatic heterocycles. The fraction of sp³-hybridized carbons (Fsp3) is 0.875. The number of rotatable bonds is 4. The summed E-state index contributed by atoms with van der Waals surface area (Å²) in [5.41, 5.74) is 5.39. The number of nitriles is 1. The minimum absolute atomic E-state index is 0.109. The van der Waals surface area contributed by atoms with Crippen LogP contribution in [0.15, 0.2) is 4.99 Å². The van der Waals surface area contributed by atoms with Crippen LogP contribution in [0.1, 0.15) is 66.7 Å². The maximum atomic E-state index is 12.3. The van der Waals surface area contributed by atoms with Crippen molar-refractivity contribution in [3.05, 3.63) is 0 Å². The lowest BCUT2D eigenvalue weighted by Crippen LogP contribution is -2.63. The number of carbonyl (C=O) groups excluding carboxylic acids is 1. The summed E-state index contributed by atoms with van der Waals surface area (Å²) in [4.78, 5) is 22.5. The number of primary amides is 1. The highest BCUT2D eigenvalue weighted by Gasteiger charge is 2.58. The summed E-state index contributed by atoms with van der Waals surface area (Å²) in [7, 11) is 0. The van der Waals surface area contributed by atoms with Crippen molar-refractivity contribution in [3.63, 3.8) is 0 Å². The molecule has 1 saturated heterocycles. The Hall–Kier alpha value is -1.65. The monoisotopic (exact) mass is 428 g/mol. The van der Waals surface area contributed by atoms with Crippen molar-refractivity contribution in [1.29, 1.82) is 5.26 Å². The van der Waals surface area contributed by atoms with Gasteiger partial charge in [-0.3, -0.25) is 24.9 Å². The van der Waals surface area contributed by atoms with Crippen LogP contribution in [0.2, 0.25) is 0 Å². The first-order valence-corrected chi connectivity index (χ1v) is 12.0. The second kappa shape index (κ2) is 7.74. The van der Waals surface area contributed by atoms with Crippen LogP contribution in [-0.2, 0) is 4.79 Å². The molecule has 172 valence electrons. The van der Waals surface area contributed by atoms with Crippen LogP contribution in [-0.4, -0.2) is 64.8 Å². The number of carbonyl (C=O) groups is 1. The van der Waals surface area contributed by atoms with E-state index in [9.17, 15) is 10.1 Å². The van der Waals surface area contributed by atoms with Crippen molar-refractivity contribution in [2.24, 2.45) is 33.9 Å². The van der Waals surface area contributed by atoms with Crippen molar-refractivity contribution >= 4 is 11.7 Å². The number of aliphatic imine (C=N–C) groups is 1. The summed E-state index contributed by atoms with van der Waals surface area (Å²) in [6, 6.07) is 0.190. The van der Waals surface area contributed by atoms with Crippen LogP contribution in [0.3, 0.4) is 0 Å². The Labute approximate surface area is 187 Å². The normalized spacial score (nSPS) is 37.0. The third-order valence-electron chi connectivity index (χ3n) is 8.80. The number of amides is 1. The third-order valence-corrected chi connectivity index (χ3v) is 8.80. The largest absolute Gasteiger partial charge is 0.369 e. The number of nitrogens with zero attached hydrogens (tertiary/aromatic N) is 4. The van der Waals surface area contributed by atoms with Crippen LogP contribution < -0.4 is 11.1 Å². The van der Waals surface area contributed by atoms with Crippen molar-refractivity contribution in [1.82, 2.24) is 15.1 Å². The van der Waals surface area contributed by atoms with E-state index in [2.05, 4.69) is 55.9 Å². The summed E-state index contributed by atoms with van der Waals surface area (Å²) in [5.74, 6) is 2.10. The molecule has 4 bridgehead atoms. The number of nitrogens with one attached hydrogen (secondary N) is 1. The molecular formula is C24H40N6O. The van der Waals surface area contributed by atoms with Gasteiger partial charge in [0.15, 0.2) is 6.19 Å². The molecule has 5 rings (SSSR count). The van der Waals surface area contributed by atoms with E-state index >= 15 is 0 Å². The van der Waals surface area contributed by atoms with E-state index in [0.717, 1.165) is 64.1 Å². The molecule has 5 aliphatic rings. The predicted octanol–water partition coefficient (Wildman–Crippen LogP) is 2.33. The SMILES string of the molecule is CC(C)(C)N1CCN(C(C)(C)C(=NC2C3CC4CC2CC(C(N)=O)(C4)C3)NC#N)CC1. The zero-order chi connectivity index (χ0) is 22.6. The standard InChI is InChI=1S/C24H40N6O/c1-22(2,3)29-6-8-30(9-7-29)23(4,5)21(27-15-25)28-19-17-10-16-11-18(19)14-24(12-16,13-17)20(26)31/h16-19H,6-14H2,1-5H3,(H2,26,31)(H,27,28). The first kappa shape index (κ1) is 22.5. The zero-order valence-electron chi connectivity index (χ0n) is 19.9. The van der Waals surface area contributed by atoms with Gasteiger partial charge in [-0.2, -0.15) is 5.26 Å². The van der Waals surface area contributed by atoms with Gasteiger partial charge in [-0.05, 0) is 84.5 Å². The fourth-order valence-corrected chi connectivity index (χ4v) is 7.14. The van der Waals surface area contributed by atoms with Gasteiger partial charge in [0.05, 0.1) is 11.6 Å². The molecule has 4 aliphatic carbocycles. The Morgan fingerprint density at radius 3 is 2.06 bits per heavy atom. The minimum Gasteiger partial charge on any atom is -0.369 e. The molecule has 1 heterocycles. The number of nitrogens with two attached hydrogens (primary N) is 1. The van der Waals surface area contributed by atoms with Crippen molar-refractivity contribution in [3.8, 4) is 6.19 Å². The Kier molecular flexibility index (Phi) is 5.63. The molecule has 2 unspecified atom stereocenters. The molecule has 0 radical (unpaired) electrons. The van der Waals surface area contributed by atoms with Crippen molar-refractivity contribution < 1.29 is 4.79 Å². The van der Waals surface area contributed by atoms with Gasteiger partial charge in [0.25, 0.3) is 0 Å². The summed E-state index contributed by atoms with van der Waals surface area (Å²) < 4.78 is 0. The molecule has 1 amide bonds. The lowest BCUT2D eigenvalue weighted by Gasteiger charge is -2.58. The van der Waals surface area contributed by atoms with Gasteiger partial charge in [0.2, 0.25) is 5.91 Å². The molecule has 7 nitrogen and oxygen atoms in total. The maximum Gasteiger partial charge on any atom is 0.223 e. The van der Waals surface area contributed by atoms with E-state index in [1.54, 1.807) is 0 Å². The molecule has 5 fully saturated rings. The Morgan fingerprint density at radius 2 is 1.58 bits per heavy atom. The van der Waals surface area contributed by atoms with Crippen LogP contribution in [0.5, 0.6) is 0 Å². The van der Waals surface area contributed by atoms with E-state index < -0.39 is 0 Å². The molecular weight excluding hydrogens is 388 g/mol. The molecule has 4 saturated carbocycles. The molecule has 0 aromatic carbocycles. The lowest BCUT2D eigenvalue weighted by atomic mass is 9.48. The molecule has 31 heavy (non-hydrogen) atoms. The number of amidine groups is 1. The summed E-state index contributed by atoms with van der Waals surface area (Å²) in [5, 5.41) is 12.5.